The molecule has 0 aliphatic rings. The van der Waals surface area contributed by atoms with Gasteiger partial charge in [-0.2, -0.15) is 0 Å². The molecule has 0 bridgehead atoms. The maximum atomic E-state index is 12.3. The molecular weight excluding hydrogens is 320 g/mol. The first-order valence-corrected chi connectivity index (χ1v) is 9.76. The smallest absolute Gasteiger partial charge is 0.251 e. The molecule has 0 aromatic heterocycles. The van der Waals surface area contributed by atoms with Crippen molar-refractivity contribution >= 4 is 15.6 Å². The molecule has 0 radical (unpaired) electrons. The van der Waals surface area contributed by atoms with Gasteiger partial charge in [0.15, 0.2) is 0 Å². The van der Waals surface area contributed by atoms with E-state index in [2.05, 4.69) is 26.1 Å². The molecule has 2 rings (SSSR count). The fraction of sp³-hybridized carbons (Fsp3) is 0.316. The lowest BCUT2D eigenvalue weighted by molar-refractivity contribution is 0.0950. The normalized spacial score (nSPS) is 14.0. The lowest BCUT2D eigenvalue weighted by atomic mass is 9.87. The minimum atomic E-state index is -2.82. The quantitative estimate of drug-likeness (QED) is 0.881. The molecule has 0 saturated heterocycles. The van der Waals surface area contributed by atoms with Crippen molar-refractivity contribution in [3.63, 3.8) is 0 Å². The second kappa shape index (κ2) is 6.77. The minimum absolute atomic E-state index is 0.0451. The summed E-state index contributed by atoms with van der Waals surface area (Å²) in [5.74, 6) is -0.183. The van der Waals surface area contributed by atoms with Crippen LogP contribution in [0.3, 0.4) is 0 Å². The first kappa shape index (κ1) is 18.2. The average Bonchev–Trinajstić information content (AvgIpc) is 2.51. The van der Waals surface area contributed by atoms with Crippen molar-refractivity contribution in [1.29, 1.82) is 4.78 Å². The third-order valence-corrected chi connectivity index (χ3v) is 5.08. The van der Waals surface area contributed by atoms with Gasteiger partial charge in [-0.1, -0.05) is 51.1 Å². The van der Waals surface area contributed by atoms with Crippen molar-refractivity contribution in [3.8, 4) is 0 Å². The van der Waals surface area contributed by atoms with Crippen molar-refractivity contribution in [2.45, 2.75) is 37.6 Å². The molecular formula is C19H24N2O2S. The molecule has 2 N–H and O–H groups in total. The molecule has 1 unspecified atom stereocenters. The molecule has 0 aliphatic heterocycles. The standard InChI is InChI=1S/C19H24N2O2S/c1-19(2,3)16-11-9-14(10-12-16)18(22)21-13-15-7-5-6-8-17(15)24(4,20)23/h5-12,20H,13H2,1-4H3,(H,21,22). The molecule has 1 atom stereocenters. The minimum Gasteiger partial charge on any atom is -0.348 e. The van der Waals surface area contributed by atoms with E-state index in [9.17, 15) is 9.00 Å². The van der Waals surface area contributed by atoms with Crippen LogP contribution >= 0.6 is 0 Å². The molecule has 2 aromatic rings. The van der Waals surface area contributed by atoms with Crippen LogP contribution in [0.1, 0.15) is 42.3 Å². The van der Waals surface area contributed by atoms with Crippen LogP contribution in [0, 0.1) is 4.78 Å². The highest BCUT2D eigenvalue weighted by molar-refractivity contribution is 7.91. The van der Waals surface area contributed by atoms with Crippen LogP contribution in [0.15, 0.2) is 53.4 Å². The van der Waals surface area contributed by atoms with E-state index in [1.807, 2.05) is 30.3 Å². The van der Waals surface area contributed by atoms with E-state index in [0.29, 0.717) is 16.0 Å². The molecule has 0 saturated carbocycles. The average molecular weight is 344 g/mol. The number of hydrogen-bond donors (Lipinski definition) is 2. The summed E-state index contributed by atoms with van der Waals surface area (Å²) in [7, 11) is -2.82. The highest BCUT2D eigenvalue weighted by atomic mass is 32.2. The van der Waals surface area contributed by atoms with Gasteiger partial charge in [-0.25, -0.2) is 8.99 Å². The first-order chi connectivity index (χ1) is 11.1. The van der Waals surface area contributed by atoms with Gasteiger partial charge in [0.1, 0.15) is 0 Å². The van der Waals surface area contributed by atoms with Crippen LogP contribution in [-0.2, 0) is 21.7 Å². The maximum absolute atomic E-state index is 12.3. The molecule has 1 amide bonds. The van der Waals surface area contributed by atoms with Crippen LogP contribution in [0.25, 0.3) is 0 Å². The zero-order chi connectivity index (χ0) is 18.0. The van der Waals surface area contributed by atoms with Crippen LogP contribution in [0.2, 0.25) is 0 Å². The van der Waals surface area contributed by atoms with E-state index in [-0.39, 0.29) is 17.9 Å². The Bertz CT molecular complexity index is 832. The number of nitrogens with one attached hydrogen (secondary N) is 2. The molecule has 0 fully saturated rings. The molecule has 2 aromatic carbocycles. The lowest BCUT2D eigenvalue weighted by Crippen LogP contribution is -2.24. The zero-order valence-electron chi connectivity index (χ0n) is 14.6. The predicted molar refractivity (Wildman–Crippen MR) is 97.8 cm³/mol. The van der Waals surface area contributed by atoms with Crippen molar-refractivity contribution in [2.75, 3.05) is 6.26 Å². The summed E-state index contributed by atoms with van der Waals surface area (Å²) in [6.45, 7) is 6.63. The molecule has 0 aliphatic carbocycles. The van der Waals surface area contributed by atoms with Gasteiger partial charge >= 0.3 is 0 Å². The molecule has 0 spiro atoms. The van der Waals surface area contributed by atoms with E-state index in [0.717, 1.165) is 0 Å². The largest absolute Gasteiger partial charge is 0.348 e. The third-order valence-electron chi connectivity index (χ3n) is 3.84. The molecule has 24 heavy (non-hydrogen) atoms. The number of carbonyl (C=O) groups excluding carboxylic acids is 1. The molecule has 0 heterocycles. The Balaban J connectivity index is 2.12. The van der Waals surface area contributed by atoms with Gasteiger partial charge in [-0.3, -0.25) is 4.79 Å². The van der Waals surface area contributed by atoms with Gasteiger partial charge in [0.05, 0.1) is 14.6 Å². The van der Waals surface area contributed by atoms with Crippen molar-refractivity contribution in [1.82, 2.24) is 5.32 Å². The van der Waals surface area contributed by atoms with Gasteiger partial charge < -0.3 is 5.32 Å². The predicted octanol–water partition coefficient (Wildman–Crippen LogP) is 3.95. The molecule has 4 nitrogen and oxygen atoms in total. The Morgan fingerprint density at radius 1 is 1.08 bits per heavy atom. The number of benzene rings is 2. The topological polar surface area (TPSA) is 70.0 Å². The van der Waals surface area contributed by atoms with Crippen LogP contribution in [-0.4, -0.2) is 16.4 Å². The van der Waals surface area contributed by atoms with Gasteiger partial charge in [0.25, 0.3) is 5.91 Å². The fourth-order valence-electron chi connectivity index (χ4n) is 2.43. The summed E-state index contributed by atoms with van der Waals surface area (Å²) < 4.78 is 19.8. The van der Waals surface area contributed by atoms with Crippen molar-refractivity contribution in [2.24, 2.45) is 0 Å². The summed E-state index contributed by atoms with van der Waals surface area (Å²) >= 11 is 0. The van der Waals surface area contributed by atoms with Gasteiger partial charge in [0.2, 0.25) is 0 Å². The van der Waals surface area contributed by atoms with Crippen LogP contribution in [0.5, 0.6) is 0 Å². The van der Waals surface area contributed by atoms with Crippen LogP contribution in [0.4, 0.5) is 0 Å². The number of hydrogen-bond acceptors (Lipinski definition) is 3. The summed E-state index contributed by atoms with van der Waals surface area (Å²) in [6.07, 6.45) is 1.39. The Hall–Kier alpha value is -2.14. The summed E-state index contributed by atoms with van der Waals surface area (Å²) in [4.78, 5) is 12.8. The van der Waals surface area contributed by atoms with Gasteiger partial charge in [0, 0.05) is 18.4 Å². The van der Waals surface area contributed by atoms with E-state index in [1.54, 1.807) is 18.2 Å². The van der Waals surface area contributed by atoms with E-state index in [4.69, 9.17) is 4.78 Å². The maximum Gasteiger partial charge on any atom is 0.251 e. The summed E-state index contributed by atoms with van der Waals surface area (Å²) in [6, 6.07) is 14.6. The Morgan fingerprint density at radius 3 is 2.21 bits per heavy atom. The highest BCUT2D eigenvalue weighted by Crippen LogP contribution is 2.22. The monoisotopic (exact) mass is 344 g/mol. The highest BCUT2D eigenvalue weighted by Gasteiger charge is 2.15. The Morgan fingerprint density at radius 2 is 1.67 bits per heavy atom. The van der Waals surface area contributed by atoms with E-state index >= 15 is 0 Å². The van der Waals surface area contributed by atoms with Crippen molar-refractivity contribution in [3.05, 3.63) is 65.2 Å². The van der Waals surface area contributed by atoms with Gasteiger partial charge in [-0.15, -0.1) is 0 Å². The summed E-state index contributed by atoms with van der Waals surface area (Å²) in [5.41, 5.74) is 2.51. The Labute approximate surface area is 144 Å². The Kier molecular flexibility index (Phi) is 5.13. The van der Waals surface area contributed by atoms with Gasteiger partial charge in [-0.05, 0) is 34.7 Å². The zero-order valence-corrected chi connectivity index (χ0v) is 15.4. The number of amides is 1. The second-order valence-electron chi connectivity index (χ2n) is 6.96. The lowest BCUT2D eigenvalue weighted by Gasteiger charge is -2.19. The second-order valence-corrected chi connectivity index (χ2v) is 9.09. The SMILES string of the molecule is CC(C)(C)c1ccc(C(=O)NCc2ccccc2S(C)(=N)=O)cc1. The van der Waals surface area contributed by atoms with E-state index < -0.39 is 9.73 Å². The summed E-state index contributed by atoms with van der Waals surface area (Å²) in [5, 5.41) is 2.84. The number of carbonyl (C=O) groups is 1. The number of rotatable bonds is 4. The third kappa shape index (κ3) is 4.45. The molecule has 128 valence electrons. The molecule has 5 heteroatoms. The van der Waals surface area contributed by atoms with E-state index in [1.165, 1.54) is 11.8 Å². The van der Waals surface area contributed by atoms with Crippen LogP contribution < -0.4 is 5.32 Å². The van der Waals surface area contributed by atoms with Crippen molar-refractivity contribution < 1.29 is 9.00 Å². The first-order valence-electron chi connectivity index (χ1n) is 7.79. The fourth-order valence-corrected chi connectivity index (χ4v) is 3.41.